The van der Waals surface area contributed by atoms with Crippen molar-refractivity contribution < 1.29 is 19.1 Å². The average molecular weight is 503 g/mol. The molecule has 8 nitrogen and oxygen atoms in total. The lowest BCUT2D eigenvalue weighted by Gasteiger charge is -2.09. The molecule has 0 atom stereocenters. The van der Waals surface area contributed by atoms with Crippen LogP contribution in [-0.4, -0.2) is 39.0 Å². The largest absolute Gasteiger partial charge is 0.486 e. The summed E-state index contributed by atoms with van der Waals surface area (Å²) in [4.78, 5) is 25.9. The fourth-order valence-corrected chi connectivity index (χ4v) is 4.94. The van der Waals surface area contributed by atoms with Gasteiger partial charge in [0.25, 0.3) is 0 Å². The normalized spacial score (nSPS) is 11.0. The van der Waals surface area contributed by atoms with Crippen LogP contribution in [0.5, 0.6) is 5.75 Å². The van der Waals surface area contributed by atoms with E-state index in [1.807, 2.05) is 37.6 Å². The Bertz CT molecular complexity index is 1150. The van der Waals surface area contributed by atoms with E-state index in [1.54, 1.807) is 6.92 Å². The first kappa shape index (κ1) is 25.8. The number of anilines is 1. The fraction of sp³-hybridized carbons (Fsp3) is 0.417. The third-order valence-electron chi connectivity index (χ3n) is 5.29. The van der Waals surface area contributed by atoms with Gasteiger partial charge in [-0.15, -0.1) is 21.5 Å². The van der Waals surface area contributed by atoms with E-state index in [1.165, 1.54) is 28.7 Å². The minimum absolute atomic E-state index is 0.127. The van der Waals surface area contributed by atoms with E-state index in [9.17, 15) is 9.59 Å². The van der Waals surface area contributed by atoms with E-state index >= 15 is 0 Å². The summed E-state index contributed by atoms with van der Waals surface area (Å²) in [6, 6.07) is 8.01. The Balaban J connectivity index is 1.57. The Morgan fingerprint density at radius 3 is 2.53 bits per heavy atom. The average Bonchev–Trinajstić information content (AvgIpc) is 3.29. The molecule has 0 saturated carbocycles. The van der Waals surface area contributed by atoms with E-state index in [-0.39, 0.29) is 24.9 Å². The summed E-state index contributed by atoms with van der Waals surface area (Å²) in [5.74, 6) is 1.35. The molecule has 0 aliphatic rings. The maximum atomic E-state index is 12.6. The highest BCUT2D eigenvalue weighted by molar-refractivity contribution is 7.99. The number of hydrogen-bond acceptors (Lipinski definition) is 8. The molecule has 0 unspecified atom stereocenters. The summed E-state index contributed by atoms with van der Waals surface area (Å²) in [7, 11) is 1.84. The number of nitrogens with one attached hydrogen (secondary N) is 1. The lowest BCUT2D eigenvalue weighted by molar-refractivity contribution is -0.113. The Labute approximate surface area is 208 Å². The molecule has 1 amide bonds. The first-order valence-corrected chi connectivity index (χ1v) is 12.8. The van der Waals surface area contributed by atoms with Crippen molar-refractivity contribution in [1.82, 2.24) is 14.8 Å². The third-order valence-corrected chi connectivity index (χ3v) is 7.43. The van der Waals surface area contributed by atoms with Gasteiger partial charge in [0.05, 0.1) is 17.9 Å². The first-order chi connectivity index (χ1) is 16.2. The molecule has 182 valence electrons. The zero-order valence-corrected chi connectivity index (χ0v) is 21.9. The van der Waals surface area contributed by atoms with E-state index < -0.39 is 5.97 Å². The molecule has 1 N–H and O–H groups in total. The van der Waals surface area contributed by atoms with Crippen LogP contribution in [0.4, 0.5) is 5.00 Å². The van der Waals surface area contributed by atoms with Crippen LogP contribution in [0.3, 0.4) is 0 Å². The van der Waals surface area contributed by atoms with Crippen molar-refractivity contribution in [2.75, 3.05) is 17.7 Å². The van der Waals surface area contributed by atoms with Gasteiger partial charge in [0, 0.05) is 11.9 Å². The molecule has 0 bridgehead atoms. The number of aryl methyl sites for hydroxylation is 1. The maximum Gasteiger partial charge on any atom is 0.341 e. The molecular weight excluding hydrogens is 472 g/mol. The van der Waals surface area contributed by atoms with Gasteiger partial charge in [-0.3, -0.25) is 4.79 Å². The van der Waals surface area contributed by atoms with Gasteiger partial charge in [-0.05, 0) is 49.9 Å². The Kier molecular flexibility index (Phi) is 8.73. The van der Waals surface area contributed by atoms with Gasteiger partial charge in [0.2, 0.25) is 5.91 Å². The van der Waals surface area contributed by atoms with Crippen LogP contribution < -0.4 is 10.1 Å². The van der Waals surface area contributed by atoms with Crippen LogP contribution in [0, 0.1) is 13.8 Å². The molecule has 0 spiro atoms. The number of hydrogen-bond donors (Lipinski definition) is 1. The lowest BCUT2D eigenvalue weighted by atomic mass is 10.0. The van der Waals surface area contributed by atoms with E-state index in [4.69, 9.17) is 9.47 Å². The van der Waals surface area contributed by atoms with Crippen molar-refractivity contribution in [3.63, 3.8) is 0 Å². The predicted molar refractivity (Wildman–Crippen MR) is 135 cm³/mol. The summed E-state index contributed by atoms with van der Waals surface area (Å²) in [5, 5.41) is 12.3. The van der Waals surface area contributed by atoms with Crippen molar-refractivity contribution in [1.29, 1.82) is 0 Å². The van der Waals surface area contributed by atoms with Gasteiger partial charge < -0.3 is 19.4 Å². The van der Waals surface area contributed by atoms with Crippen LogP contribution in [0.1, 0.15) is 58.9 Å². The van der Waals surface area contributed by atoms with Crippen molar-refractivity contribution >= 4 is 40.0 Å². The minimum atomic E-state index is -0.427. The zero-order chi connectivity index (χ0) is 24.8. The summed E-state index contributed by atoms with van der Waals surface area (Å²) >= 11 is 2.64. The number of rotatable bonds is 10. The van der Waals surface area contributed by atoms with E-state index in [2.05, 4.69) is 41.5 Å². The number of thiophene rings is 1. The molecule has 3 rings (SSSR count). The smallest absolute Gasteiger partial charge is 0.341 e. The number of carbonyl (C=O) groups excluding carboxylic acids is 2. The number of aromatic nitrogens is 3. The predicted octanol–water partition coefficient (Wildman–Crippen LogP) is 5.10. The van der Waals surface area contributed by atoms with E-state index in [0.717, 1.165) is 16.2 Å². The van der Waals surface area contributed by atoms with Crippen molar-refractivity contribution in [3.05, 3.63) is 51.7 Å². The van der Waals surface area contributed by atoms with Gasteiger partial charge >= 0.3 is 5.97 Å². The van der Waals surface area contributed by atoms with Crippen LogP contribution in [0.25, 0.3) is 0 Å². The first-order valence-electron chi connectivity index (χ1n) is 11.0. The second-order valence-electron chi connectivity index (χ2n) is 8.01. The number of carbonyl (C=O) groups is 2. The molecule has 2 aromatic heterocycles. The number of esters is 1. The van der Waals surface area contributed by atoms with Crippen molar-refractivity contribution in [3.8, 4) is 5.75 Å². The third kappa shape index (κ3) is 6.18. The number of ether oxygens (including phenoxy) is 2. The number of nitrogens with zero attached hydrogens (tertiary/aromatic N) is 3. The summed E-state index contributed by atoms with van der Waals surface area (Å²) < 4.78 is 12.8. The van der Waals surface area contributed by atoms with Gasteiger partial charge in [0.1, 0.15) is 17.4 Å². The Morgan fingerprint density at radius 2 is 1.88 bits per heavy atom. The Morgan fingerprint density at radius 1 is 1.18 bits per heavy atom. The second kappa shape index (κ2) is 11.5. The van der Waals surface area contributed by atoms with Crippen molar-refractivity contribution in [2.45, 2.75) is 52.3 Å². The molecule has 10 heteroatoms. The molecular formula is C24H30N4O4S2. The summed E-state index contributed by atoms with van der Waals surface area (Å²) in [6.45, 7) is 10.4. The van der Waals surface area contributed by atoms with Crippen LogP contribution in [0.15, 0.2) is 29.4 Å². The molecule has 34 heavy (non-hydrogen) atoms. The van der Waals surface area contributed by atoms with E-state index in [0.29, 0.717) is 27.5 Å². The summed E-state index contributed by atoms with van der Waals surface area (Å²) in [5.41, 5.74) is 2.50. The topological polar surface area (TPSA) is 95.3 Å². The molecule has 1 aromatic carbocycles. The van der Waals surface area contributed by atoms with Gasteiger partial charge in [-0.2, -0.15) is 0 Å². The zero-order valence-electron chi connectivity index (χ0n) is 20.3. The van der Waals surface area contributed by atoms with Gasteiger partial charge in [0.15, 0.2) is 11.0 Å². The second-order valence-corrected chi connectivity index (χ2v) is 10.2. The quantitative estimate of drug-likeness (QED) is 0.304. The molecule has 2 heterocycles. The number of thioether (sulfide) groups is 1. The van der Waals surface area contributed by atoms with Crippen LogP contribution in [-0.2, 0) is 23.2 Å². The van der Waals surface area contributed by atoms with Gasteiger partial charge in [-0.25, -0.2) is 4.79 Å². The SMILES string of the molecule is CCOC(=O)c1c(NC(=O)CSc2nnc(COc3ccc(C(C)C)cc3)n2C)sc(C)c1C. The van der Waals surface area contributed by atoms with Crippen molar-refractivity contribution in [2.24, 2.45) is 7.05 Å². The van der Waals surface area contributed by atoms with Crippen LogP contribution in [0.2, 0.25) is 0 Å². The molecule has 0 saturated heterocycles. The minimum Gasteiger partial charge on any atom is -0.486 e. The van der Waals surface area contributed by atoms with Crippen LogP contribution >= 0.6 is 23.1 Å². The molecule has 0 radical (unpaired) electrons. The number of benzene rings is 1. The monoisotopic (exact) mass is 502 g/mol. The fourth-order valence-electron chi connectivity index (χ4n) is 3.15. The molecule has 0 aliphatic carbocycles. The highest BCUT2D eigenvalue weighted by atomic mass is 32.2. The highest BCUT2D eigenvalue weighted by Gasteiger charge is 2.22. The maximum absolute atomic E-state index is 12.6. The molecule has 3 aromatic rings. The number of amides is 1. The van der Waals surface area contributed by atoms with Gasteiger partial charge in [-0.1, -0.05) is 37.7 Å². The molecule has 0 fully saturated rings. The highest BCUT2D eigenvalue weighted by Crippen LogP contribution is 2.33. The molecule has 0 aliphatic heterocycles. The standard InChI is InChI=1S/C24H30N4O4S2/c1-7-31-23(30)21-15(4)16(5)34-22(21)25-20(29)13-33-24-27-26-19(28(24)6)12-32-18-10-8-17(9-11-18)14(2)3/h8-11,14H,7,12-13H2,1-6H3,(H,25,29). The Hall–Kier alpha value is -2.85. The lowest BCUT2D eigenvalue weighted by Crippen LogP contribution is -2.16. The summed E-state index contributed by atoms with van der Waals surface area (Å²) in [6.07, 6.45) is 0.